The summed E-state index contributed by atoms with van der Waals surface area (Å²) in [5.41, 5.74) is 6.73. The second-order valence-corrected chi connectivity index (χ2v) is 4.16. The molecular formula is C14H24N2O. The van der Waals surface area contributed by atoms with Crippen molar-refractivity contribution in [2.45, 2.75) is 25.7 Å². The monoisotopic (exact) mass is 236 g/mol. The first-order chi connectivity index (χ1) is 8.38. The Bertz CT molecular complexity index is 302. The fourth-order valence-corrected chi connectivity index (χ4v) is 1.83. The number of ether oxygens (including phenoxy) is 1. The largest absolute Gasteiger partial charge is 0.496 e. The smallest absolute Gasteiger partial charge is 0.122 e. The number of rotatable bonds is 9. The van der Waals surface area contributed by atoms with Crippen LogP contribution >= 0.6 is 0 Å². The molecule has 1 rings (SSSR count). The molecule has 0 radical (unpaired) electrons. The summed E-state index contributed by atoms with van der Waals surface area (Å²) in [5, 5.41) is 3.43. The van der Waals surface area contributed by atoms with E-state index in [4.69, 9.17) is 10.5 Å². The second kappa shape index (κ2) is 9.02. The number of nitrogens with two attached hydrogens (primary N) is 1. The zero-order valence-corrected chi connectivity index (χ0v) is 10.7. The number of hydrogen-bond donors (Lipinski definition) is 2. The van der Waals surface area contributed by atoms with Crippen LogP contribution in [0.1, 0.15) is 24.8 Å². The molecule has 3 N–H and O–H groups in total. The van der Waals surface area contributed by atoms with Crippen LogP contribution in [-0.2, 0) is 6.42 Å². The van der Waals surface area contributed by atoms with Crippen molar-refractivity contribution < 1.29 is 4.74 Å². The maximum atomic E-state index is 5.44. The first-order valence-corrected chi connectivity index (χ1v) is 6.41. The predicted octanol–water partition coefficient (Wildman–Crippen LogP) is 1.96. The molecule has 0 amide bonds. The van der Waals surface area contributed by atoms with Crippen molar-refractivity contribution in [1.82, 2.24) is 5.32 Å². The first-order valence-electron chi connectivity index (χ1n) is 6.41. The maximum Gasteiger partial charge on any atom is 0.122 e. The molecule has 0 atom stereocenters. The Morgan fingerprint density at radius 1 is 1.12 bits per heavy atom. The normalized spacial score (nSPS) is 10.5. The molecule has 0 aliphatic heterocycles. The summed E-state index contributed by atoms with van der Waals surface area (Å²) in [6.07, 6.45) is 4.49. The molecule has 0 spiro atoms. The molecule has 0 saturated heterocycles. The Morgan fingerprint density at radius 2 is 1.88 bits per heavy atom. The van der Waals surface area contributed by atoms with E-state index in [1.807, 2.05) is 12.1 Å². The number of nitrogens with one attached hydrogen (secondary N) is 1. The Hall–Kier alpha value is -1.06. The van der Waals surface area contributed by atoms with E-state index >= 15 is 0 Å². The molecule has 0 bridgehead atoms. The molecule has 0 aliphatic rings. The van der Waals surface area contributed by atoms with Crippen LogP contribution < -0.4 is 15.8 Å². The van der Waals surface area contributed by atoms with Gasteiger partial charge in [0.25, 0.3) is 0 Å². The second-order valence-electron chi connectivity index (χ2n) is 4.16. The van der Waals surface area contributed by atoms with Crippen molar-refractivity contribution in [3.63, 3.8) is 0 Å². The molecule has 0 aliphatic carbocycles. The van der Waals surface area contributed by atoms with Crippen LogP contribution in [0.2, 0.25) is 0 Å². The molecule has 0 saturated carbocycles. The van der Waals surface area contributed by atoms with E-state index in [-0.39, 0.29) is 0 Å². The average molecular weight is 236 g/mol. The third-order valence-electron chi connectivity index (χ3n) is 2.80. The van der Waals surface area contributed by atoms with Crippen LogP contribution in [0.5, 0.6) is 5.75 Å². The van der Waals surface area contributed by atoms with Gasteiger partial charge in [0, 0.05) is 0 Å². The van der Waals surface area contributed by atoms with Crippen LogP contribution in [0.3, 0.4) is 0 Å². The molecule has 1 aromatic rings. The lowest BCUT2D eigenvalue weighted by Gasteiger charge is -2.08. The van der Waals surface area contributed by atoms with Gasteiger partial charge < -0.3 is 15.8 Å². The standard InChI is InChI=1S/C14H24N2O/c1-17-14-9-3-2-7-13(14)8-6-12-16-11-5-4-10-15/h2-3,7,9,16H,4-6,8,10-12,15H2,1H3. The van der Waals surface area contributed by atoms with Crippen molar-refractivity contribution in [2.24, 2.45) is 5.73 Å². The van der Waals surface area contributed by atoms with Gasteiger partial charge in [-0.2, -0.15) is 0 Å². The summed E-state index contributed by atoms with van der Waals surface area (Å²) < 4.78 is 5.32. The number of hydrogen-bond acceptors (Lipinski definition) is 3. The molecule has 0 unspecified atom stereocenters. The molecule has 0 aromatic heterocycles. The van der Waals surface area contributed by atoms with Gasteiger partial charge in [-0.3, -0.25) is 0 Å². The highest BCUT2D eigenvalue weighted by Gasteiger charge is 2.00. The minimum atomic E-state index is 0.795. The van der Waals surface area contributed by atoms with Gasteiger partial charge in [-0.25, -0.2) is 0 Å². The van der Waals surface area contributed by atoms with Crippen LogP contribution in [0.15, 0.2) is 24.3 Å². The average Bonchev–Trinajstić information content (AvgIpc) is 2.38. The number of unbranched alkanes of at least 4 members (excludes halogenated alkanes) is 1. The van der Waals surface area contributed by atoms with Gasteiger partial charge in [-0.05, 0) is 56.9 Å². The van der Waals surface area contributed by atoms with Crippen molar-refractivity contribution in [2.75, 3.05) is 26.7 Å². The van der Waals surface area contributed by atoms with Gasteiger partial charge in [-0.15, -0.1) is 0 Å². The topological polar surface area (TPSA) is 47.3 Å². The van der Waals surface area contributed by atoms with Gasteiger partial charge in [-0.1, -0.05) is 18.2 Å². The highest BCUT2D eigenvalue weighted by atomic mass is 16.5. The Kier molecular flexibility index (Phi) is 7.43. The van der Waals surface area contributed by atoms with Crippen LogP contribution in [-0.4, -0.2) is 26.7 Å². The summed E-state index contributed by atoms with van der Waals surface area (Å²) in [6, 6.07) is 8.22. The molecule has 1 aromatic carbocycles. The van der Waals surface area contributed by atoms with Crippen molar-refractivity contribution in [3.05, 3.63) is 29.8 Å². The number of methoxy groups -OCH3 is 1. The van der Waals surface area contributed by atoms with E-state index in [0.29, 0.717) is 0 Å². The Morgan fingerprint density at radius 3 is 2.65 bits per heavy atom. The highest BCUT2D eigenvalue weighted by Crippen LogP contribution is 2.18. The third kappa shape index (κ3) is 5.71. The summed E-state index contributed by atoms with van der Waals surface area (Å²) >= 11 is 0. The zero-order chi connectivity index (χ0) is 12.3. The lowest BCUT2D eigenvalue weighted by Crippen LogP contribution is -2.18. The lowest BCUT2D eigenvalue weighted by molar-refractivity contribution is 0.409. The summed E-state index contributed by atoms with van der Waals surface area (Å²) in [6.45, 7) is 2.93. The molecule has 96 valence electrons. The van der Waals surface area contributed by atoms with Crippen molar-refractivity contribution in [1.29, 1.82) is 0 Å². The minimum absolute atomic E-state index is 0.795. The first kappa shape index (κ1) is 14.0. The molecule has 3 heteroatoms. The van der Waals surface area contributed by atoms with Crippen molar-refractivity contribution >= 4 is 0 Å². The maximum absolute atomic E-state index is 5.44. The fraction of sp³-hybridized carbons (Fsp3) is 0.571. The third-order valence-corrected chi connectivity index (χ3v) is 2.80. The van der Waals surface area contributed by atoms with Crippen LogP contribution in [0, 0.1) is 0 Å². The lowest BCUT2D eigenvalue weighted by atomic mass is 10.1. The number of para-hydroxylation sites is 1. The number of aryl methyl sites for hydroxylation is 1. The van der Waals surface area contributed by atoms with E-state index in [9.17, 15) is 0 Å². The van der Waals surface area contributed by atoms with Crippen molar-refractivity contribution in [3.8, 4) is 5.75 Å². The molecular weight excluding hydrogens is 212 g/mol. The van der Waals surface area contributed by atoms with Crippen LogP contribution in [0.4, 0.5) is 0 Å². The summed E-state index contributed by atoms with van der Waals surface area (Å²) in [7, 11) is 1.73. The molecule has 3 nitrogen and oxygen atoms in total. The molecule has 0 fully saturated rings. The van der Waals surface area contributed by atoms with Gasteiger partial charge in [0.1, 0.15) is 5.75 Å². The highest BCUT2D eigenvalue weighted by molar-refractivity contribution is 5.33. The zero-order valence-electron chi connectivity index (χ0n) is 10.7. The predicted molar refractivity (Wildman–Crippen MR) is 72.5 cm³/mol. The number of benzene rings is 1. The quantitative estimate of drug-likeness (QED) is 0.644. The Balaban J connectivity index is 2.13. The SMILES string of the molecule is COc1ccccc1CCCNCCCCN. The van der Waals surface area contributed by atoms with Gasteiger partial charge in [0.05, 0.1) is 7.11 Å². The molecule has 0 heterocycles. The van der Waals surface area contributed by atoms with E-state index < -0.39 is 0 Å². The summed E-state index contributed by atoms with van der Waals surface area (Å²) in [4.78, 5) is 0. The molecule has 17 heavy (non-hydrogen) atoms. The van der Waals surface area contributed by atoms with E-state index in [0.717, 1.165) is 44.6 Å². The van der Waals surface area contributed by atoms with Crippen LogP contribution in [0.25, 0.3) is 0 Å². The van der Waals surface area contributed by atoms with E-state index in [2.05, 4.69) is 17.4 Å². The summed E-state index contributed by atoms with van der Waals surface area (Å²) in [5.74, 6) is 0.996. The van der Waals surface area contributed by atoms with E-state index in [1.165, 1.54) is 12.0 Å². The van der Waals surface area contributed by atoms with Gasteiger partial charge in [0.2, 0.25) is 0 Å². The van der Waals surface area contributed by atoms with E-state index in [1.54, 1.807) is 7.11 Å². The van der Waals surface area contributed by atoms with Gasteiger partial charge in [0.15, 0.2) is 0 Å². The fourth-order valence-electron chi connectivity index (χ4n) is 1.83. The minimum Gasteiger partial charge on any atom is -0.496 e. The van der Waals surface area contributed by atoms with Gasteiger partial charge >= 0.3 is 0 Å². The Labute approximate surface area is 104 Å².